The minimum absolute atomic E-state index is 0.0283. The van der Waals surface area contributed by atoms with E-state index in [1.165, 1.54) is 16.9 Å². The van der Waals surface area contributed by atoms with Gasteiger partial charge in [0.05, 0.1) is 5.56 Å². The third-order valence-electron chi connectivity index (χ3n) is 3.59. The fraction of sp³-hybridized carbons (Fsp3) is 0.200. The second kappa shape index (κ2) is 4.72. The maximum atomic E-state index is 12.7. The number of alkyl halides is 3. The number of nitrogens with zero attached hydrogens (tertiary/aromatic N) is 3. The fourth-order valence-electron chi connectivity index (χ4n) is 2.23. The highest BCUT2D eigenvalue weighted by atomic mass is 19.4. The molecule has 0 aliphatic heterocycles. The summed E-state index contributed by atoms with van der Waals surface area (Å²) in [6.45, 7) is 3.66. The number of hydrogen-bond acceptors (Lipinski definition) is 3. The number of fused-ring (bicyclic) bond motifs is 1. The Morgan fingerprint density at radius 1 is 1.00 bits per heavy atom. The van der Waals surface area contributed by atoms with Gasteiger partial charge in [-0.05, 0) is 49.2 Å². The van der Waals surface area contributed by atoms with Gasteiger partial charge in [-0.1, -0.05) is 6.07 Å². The van der Waals surface area contributed by atoms with Crippen LogP contribution in [0, 0.1) is 13.8 Å². The fourth-order valence-corrected chi connectivity index (χ4v) is 2.23. The zero-order chi connectivity index (χ0) is 16.1. The van der Waals surface area contributed by atoms with E-state index in [1.807, 2.05) is 6.92 Å². The Kier molecular flexibility index (Phi) is 3.09. The SMILES string of the molecule is Cc1ccc(O)c(-n2nc3ccc(C(F)(F)F)cc3n2)c1C. The molecule has 0 spiro atoms. The number of benzene rings is 2. The van der Waals surface area contributed by atoms with Crippen molar-refractivity contribution in [1.29, 1.82) is 0 Å². The Morgan fingerprint density at radius 3 is 2.36 bits per heavy atom. The summed E-state index contributed by atoms with van der Waals surface area (Å²) >= 11 is 0. The first-order chi connectivity index (χ1) is 10.3. The lowest BCUT2D eigenvalue weighted by Crippen LogP contribution is -2.04. The van der Waals surface area contributed by atoms with Crippen LogP contribution in [0.15, 0.2) is 30.3 Å². The minimum Gasteiger partial charge on any atom is -0.506 e. The van der Waals surface area contributed by atoms with Crippen LogP contribution in [0.3, 0.4) is 0 Å². The number of halogens is 3. The monoisotopic (exact) mass is 307 g/mol. The number of aromatic hydroxyl groups is 1. The maximum Gasteiger partial charge on any atom is 0.416 e. The molecule has 0 amide bonds. The predicted octanol–water partition coefficient (Wildman–Crippen LogP) is 3.76. The van der Waals surface area contributed by atoms with Crippen molar-refractivity contribution in [3.05, 3.63) is 47.0 Å². The van der Waals surface area contributed by atoms with Crippen LogP contribution in [0.4, 0.5) is 13.2 Å². The standard InChI is InChI=1S/C15H12F3N3O/c1-8-3-6-13(22)14(9(8)2)21-19-11-5-4-10(15(16,17)18)7-12(11)20-21/h3-7,22H,1-2H3. The molecule has 3 rings (SSSR count). The van der Waals surface area contributed by atoms with Crippen molar-refractivity contribution < 1.29 is 18.3 Å². The molecule has 1 heterocycles. The van der Waals surface area contributed by atoms with Gasteiger partial charge in [-0.3, -0.25) is 0 Å². The molecule has 7 heteroatoms. The predicted molar refractivity (Wildman–Crippen MR) is 75.0 cm³/mol. The highest BCUT2D eigenvalue weighted by Gasteiger charge is 2.31. The smallest absolute Gasteiger partial charge is 0.416 e. The number of aryl methyl sites for hydroxylation is 1. The van der Waals surface area contributed by atoms with E-state index in [0.717, 1.165) is 23.3 Å². The zero-order valence-electron chi connectivity index (χ0n) is 11.8. The van der Waals surface area contributed by atoms with Crippen LogP contribution in [0.25, 0.3) is 16.7 Å². The van der Waals surface area contributed by atoms with E-state index in [4.69, 9.17) is 0 Å². The highest BCUT2D eigenvalue weighted by molar-refractivity contribution is 5.75. The highest BCUT2D eigenvalue weighted by Crippen LogP contribution is 2.32. The van der Waals surface area contributed by atoms with Crippen molar-refractivity contribution in [2.75, 3.05) is 0 Å². The van der Waals surface area contributed by atoms with Gasteiger partial charge in [0, 0.05) is 0 Å². The van der Waals surface area contributed by atoms with Crippen molar-refractivity contribution >= 4 is 11.0 Å². The van der Waals surface area contributed by atoms with E-state index in [9.17, 15) is 18.3 Å². The summed E-state index contributed by atoms with van der Waals surface area (Å²) in [7, 11) is 0. The molecule has 2 aromatic carbocycles. The van der Waals surface area contributed by atoms with Gasteiger partial charge < -0.3 is 5.11 Å². The summed E-state index contributed by atoms with van der Waals surface area (Å²) < 4.78 is 38.2. The molecule has 0 radical (unpaired) electrons. The van der Waals surface area contributed by atoms with Gasteiger partial charge in [-0.25, -0.2) is 0 Å². The Bertz CT molecular complexity index is 868. The molecule has 4 nitrogen and oxygen atoms in total. The summed E-state index contributed by atoms with van der Waals surface area (Å²) in [6, 6.07) is 6.43. The maximum absolute atomic E-state index is 12.7. The molecule has 3 aromatic rings. The Labute approximate surface area is 123 Å². The first-order valence-electron chi connectivity index (χ1n) is 6.51. The van der Waals surface area contributed by atoms with E-state index >= 15 is 0 Å². The lowest BCUT2D eigenvalue weighted by atomic mass is 10.1. The Hall–Kier alpha value is -2.57. The molecule has 0 atom stereocenters. The molecular weight excluding hydrogens is 295 g/mol. The van der Waals surface area contributed by atoms with Crippen LogP contribution in [0.1, 0.15) is 16.7 Å². The second-order valence-electron chi connectivity index (χ2n) is 5.07. The number of aromatic nitrogens is 3. The lowest BCUT2D eigenvalue weighted by Gasteiger charge is -2.09. The zero-order valence-corrected chi connectivity index (χ0v) is 11.8. The number of hydrogen-bond donors (Lipinski definition) is 1. The third kappa shape index (κ3) is 2.28. The van der Waals surface area contributed by atoms with Crippen molar-refractivity contribution in [2.24, 2.45) is 0 Å². The third-order valence-corrected chi connectivity index (χ3v) is 3.59. The molecule has 0 saturated carbocycles. The summed E-state index contributed by atoms with van der Waals surface area (Å²) in [6.07, 6.45) is -4.43. The summed E-state index contributed by atoms with van der Waals surface area (Å²) in [5, 5.41) is 18.2. The van der Waals surface area contributed by atoms with Crippen LogP contribution in [0.2, 0.25) is 0 Å². The first kappa shape index (κ1) is 14.4. The first-order valence-corrected chi connectivity index (χ1v) is 6.51. The lowest BCUT2D eigenvalue weighted by molar-refractivity contribution is -0.137. The largest absolute Gasteiger partial charge is 0.506 e. The van der Waals surface area contributed by atoms with Gasteiger partial charge in [0.2, 0.25) is 0 Å². The van der Waals surface area contributed by atoms with Crippen LogP contribution in [0.5, 0.6) is 5.75 Å². The van der Waals surface area contributed by atoms with Crippen LogP contribution >= 0.6 is 0 Å². The van der Waals surface area contributed by atoms with Gasteiger partial charge in [0.1, 0.15) is 22.5 Å². The van der Waals surface area contributed by atoms with E-state index in [0.29, 0.717) is 11.2 Å². The molecule has 0 aliphatic rings. The van der Waals surface area contributed by atoms with Gasteiger partial charge in [0.25, 0.3) is 0 Å². The molecule has 114 valence electrons. The molecule has 1 aromatic heterocycles. The second-order valence-corrected chi connectivity index (χ2v) is 5.07. The Morgan fingerprint density at radius 2 is 1.68 bits per heavy atom. The molecule has 0 bridgehead atoms. The van der Waals surface area contributed by atoms with E-state index in [-0.39, 0.29) is 11.3 Å². The average molecular weight is 307 g/mol. The number of phenols is 1. The number of phenolic OH excluding ortho intramolecular Hbond substituents is 1. The average Bonchev–Trinajstić information content (AvgIpc) is 2.84. The van der Waals surface area contributed by atoms with Crippen LogP contribution in [-0.2, 0) is 6.18 Å². The van der Waals surface area contributed by atoms with Crippen molar-refractivity contribution in [2.45, 2.75) is 20.0 Å². The van der Waals surface area contributed by atoms with Crippen LogP contribution < -0.4 is 0 Å². The molecule has 22 heavy (non-hydrogen) atoms. The van der Waals surface area contributed by atoms with Gasteiger partial charge in [0.15, 0.2) is 0 Å². The van der Waals surface area contributed by atoms with E-state index < -0.39 is 11.7 Å². The summed E-state index contributed by atoms with van der Waals surface area (Å²) in [4.78, 5) is 1.17. The minimum atomic E-state index is -4.43. The topological polar surface area (TPSA) is 50.9 Å². The summed E-state index contributed by atoms with van der Waals surface area (Å²) in [5.41, 5.74) is 1.71. The van der Waals surface area contributed by atoms with Gasteiger partial charge in [-0.2, -0.15) is 13.2 Å². The molecule has 1 N–H and O–H groups in total. The van der Waals surface area contributed by atoms with Gasteiger partial charge in [-0.15, -0.1) is 15.0 Å². The Balaban J connectivity index is 2.20. The quantitative estimate of drug-likeness (QED) is 0.744. The van der Waals surface area contributed by atoms with E-state index in [1.54, 1.807) is 13.0 Å². The summed E-state index contributed by atoms with van der Waals surface area (Å²) in [5.74, 6) is -0.0283. The molecular formula is C15H12F3N3O. The molecule has 0 unspecified atom stereocenters. The normalized spacial score (nSPS) is 12.0. The van der Waals surface area contributed by atoms with Crippen molar-refractivity contribution in [1.82, 2.24) is 15.0 Å². The van der Waals surface area contributed by atoms with Crippen molar-refractivity contribution in [3.63, 3.8) is 0 Å². The number of rotatable bonds is 1. The van der Waals surface area contributed by atoms with Gasteiger partial charge >= 0.3 is 6.18 Å². The van der Waals surface area contributed by atoms with Crippen LogP contribution in [-0.4, -0.2) is 20.1 Å². The molecule has 0 saturated heterocycles. The molecule has 0 fully saturated rings. The van der Waals surface area contributed by atoms with Crippen molar-refractivity contribution in [3.8, 4) is 11.4 Å². The molecule has 0 aliphatic carbocycles. The van der Waals surface area contributed by atoms with E-state index in [2.05, 4.69) is 10.2 Å².